The number of nitrogens with one attached hydrogen (secondary N) is 1. The maximum Gasteiger partial charge on any atom is 0.201 e. The molecule has 4 bridgehead atoms. The molecule has 10 aliphatic rings. The molecule has 0 aromatic heterocycles. The zero-order valence-corrected chi connectivity index (χ0v) is 29.4. The van der Waals surface area contributed by atoms with Crippen LogP contribution < -0.4 is 5.32 Å². The van der Waals surface area contributed by atoms with Crippen molar-refractivity contribution in [1.82, 2.24) is 5.32 Å². The Labute approximate surface area is 280 Å². The first-order valence-corrected chi connectivity index (χ1v) is 18.9. The number of hydrogen-bond acceptors (Lipinski definition) is 11. The predicted molar refractivity (Wildman–Crippen MR) is 168 cm³/mol. The van der Waals surface area contributed by atoms with Gasteiger partial charge in [0.1, 0.15) is 0 Å². The van der Waals surface area contributed by atoms with Crippen LogP contribution in [-0.4, -0.2) is 74.2 Å². The molecular weight excluding hydrogens is 606 g/mol. The first-order valence-electron chi connectivity index (χ1n) is 18.9. The van der Waals surface area contributed by atoms with E-state index in [4.69, 9.17) is 48.0 Å². The quantitative estimate of drug-likeness (QED) is 0.226. The monoisotopic (exact) mass is 665 g/mol. The highest BCUT2D eigenvalue weighted by atomic mass is 17.3. The van der Waals surface area contributed by atoms with E-state index in [2.05, 4.69) is 33.0 Å². The van der Waals surface area contributed by atoms with Gasteiger partial charge in [-0.1, -0.05) is 27.7 Å². The standard InChI is InChI=1S/C36H59NO10/c1-21-9-11-27-23(3)29(40-31-35(27)25(21)13-15-33(5,42-31)44-46-35)38-19-7-17-37-18-8-20-39-30-24(4)28-12-10-22(2)26-14-16-34(6)43-32(41-30)36(26,28)47-45-34/h21-32,37H,7-20H2,1-6H3/t21-,22-,23-,24-,25?,26?,27?,28?,29+,30+,31-,32-,33-,34-,35-,36-/m1/s1. The molecule has 8 saturated heterocycles. The van der Waals surface area contributed by atoms with Gasteiger partial charge >= 0.3 is 0 Å². The molecular formula is C36H59NO10. The van der Waals surface area contributed by atoms with Crippen molar-refractivity contribution < 1.29 is 48.0 Å². The summed E-state index contributed by atoms with van der Waals surface area (Å²) in [5.41, 5.74) is -1.09. The summed E-state index contributed by atoms with van der Waals surface area (Å²) in [5, 5.41) is 3.56. The van der Waals surface area contributed by atoms with Gasteiger partial charge in [-0.3, -0.25) is 0 Å². The van der Waals surface area contributed by atoms with Crippen molar-refractivity contribution in [2.24, 2.45) is 47.3 Å². The topological polar surface area (TPSA) is 104 Å². The van der Waals surface area contributed by atoms with Crippen LogP contribution in [0.15, 0.2) is 0 Å². The summed E-state index contributed by atoms with van der Waals surface area (Å²) < 4.78 is 38.8. The molecule has 8 heterocycles. The minimum Gasteiger partial charge on any atom is -0.352 e. The molecule has 11 heteroatoms. The smallest absolute Gasteiger partial charge is 0.201 e. The highest BCUT2D eigenvalue weighted by Crippen LogP contribution is 2.62. The minimum atomic E-state index is -0.762. The number of rotatable bonds is 10. The Morgan fingerprint density at radius 3 is 1.47 bits per heavy atom. The summed E-state index contributed by atoms with van der Waals surface area (Å²) in [6, 6.07) is 0. The third-order valence-corrected chi connectivity index (χ3v) is 13.8. The molecule has 16 atom stereocenters. The lowest BCUT2D eigenvalue weighted by atomic mass is 9.58. The number of hydrogen-bond donors (Lipinski definition) is 1. The molecule has 11 nitrogen and oxygen atoms in total. The highest BCUT2D eigenvalue weighted by Gasteiger charge is 2.71. The van der Waals surface area contributed by atoms with E-state index < -0.39 is 35.4 Å². The molecule has 47 heavy (non-hydrogen) atoms. The molecule has 0 amide bonds. The van der Waals surface area contributed by atoms with Crippen LogP contribution in [-0.2, 0) is 48.0 Å². The van der Waals surface area contributed by atoms with Gasteiger partial charge in [-0.2, -0.15) is 0 Å². The lowest BCUT2D eigenvalue weighted by Gasteiger charge is -2.60. The lowest BCUT2D eigenvalue weighted by Crippen LogP contribution is -2.70. The molecule has 10 rings (SSSR count). The van der Waals surface area contributed by atoms with Gasteiger partial charge in [0.15, 0.2) is 36.4 Å². The maximum atomic E-state index is 6.55. The molecule has 10 fully saturated rings. The Hall–Kier alpha value is -0.440. The van der Waals surface area contributed by atoms with Gasteiger partial charge in [-0.15, -0.1) is 0 Å². The van der Waals surface area contributed by atoms with Crippen LogP contribution in [0.4, 0.5) is 0 Å². The Bertz CT molecular complexity index is 1050. The first kappa shape index (κ1) is 33.7. The summed E-state index contributed by atoms with van der Waals surface area (Å²) in [6.07, 6.45) is 8.51. The zero-order valence-electron chi connectivity index (χ0n) is 29.4. The van der Waals surface area contributed by atoms with E-state index in [-0.39, 0.29) is 36.3 Å². The van der Waals surface area contributed by atoms with Crippen LogP contribution in [0.5, 0.6) is 0 Å². The van der Waals surface area contributed by atoms with Gasteiger partial charge in [0.05, 0.1) is 13.2 Å². The fraction of sp³-hybridized carbons (Fsp3) is 1.00. The van der Waals surface area contributed by atoms with Gasteiger partial charge in [0, 0.05) is 36.5 Å². The van der Waals surface area contributed by atoms with E-state index in [1.807, 2.05) is 13.8 Å². The molecule has 2 saturated carbocycles. The summed E-state index contributed by atoms with van der Waals surface area (Å²) in [5.74, 6) is 1.28. The molecule has 2 spiro atoms. The van der Waals surface area contributed by atoms with Crippen LogP contribution >= 0.6 is 0 Å². The summed E-state index contributed by atoms with van der Waals surface area (Å²) in [4.78, 5) is 24.4. The van der Waals surface area contributed by atoms with Crippen molar-refractivity contribution in [3.05, 3.63) is 0 Å². The lowest BCUT2D eigenvalue weighted by molar-refractivity contribution is -0.577. The molecule has 0 aromatic carbocycles. The Morgan fingerprint density at radius 2 is 1.02 bits per heavy atom. The molecule has 1 N–H and O–H groups in total. The van der Waals surface area contributed by atoms with Crippen molar-refractivity contribution in [1.29, 1.82) is 0 Å². The summed E-state index contributed by atoms with van der Waals surface area (Å²) in [6.45, 7) is 16.1. The second-order valence-corrected chi connectivity index (χ2v) is 16.7. The molecule has 8 aliphatic heterocycles. The number of ether oxygens (including phenoxy) is 6. The second-order valence-electron chi connectivity index (χ2n) is 16.7. The van der Waals surface area contributed by atoms with Crippen LogP contribution in [0.3, 0.4) is 0 Å². The summed E-state index contributed by atoms with van der Waals surface area (Å²) >= 11 is 0. The third kappa shape index (κ3) is 5.48. The molecule has 2 aliphatic carbocycles. The Kier molecular flexibility index (Phi) is 9.07. The van der Waals surface area contributed by atoms with Crippen molar-refractivity contribution in [2.75, 3.05) is 26.3 Å². The van der Waals surface area contributed by atoms with Crippen molar-refractivity contribution in [3.63, 3.8) is 0 Å². The highest BCUT2D eigenvalue weighted by molar-refractivity contribution is 5.10. The van der Waals surface area contributed by atoms with E-state index in [1.165, 1.54) is 12.8 Å². The van der Waals surface area contributed by atoms with Crippen LogP contribution in [0.2, 0.25) is 0 Å². The fourth-order valence-electron chi connectivity index (χ4n) is 11.0. The van der Waals surface area contributed by atoms with Gasteiger partial charge < -0.3 is 33.7 Å². The first-order chi connectivity index (χ1) is 22.6. The zero-order chi connectivity index (χ0) is 32.6. The fourth-order valence-corrected chi connectivity index (χ4v) is 11.0. The van der Waals surface area contributed by atoms with Crippen molar-refractivity contribution in [3.8, 4) is 0 Å². The van der Waals surface area contributed by atoms with E-state index in [9.17, 15) is 0 Å². The van der Waals surface area contributed by atoms with E-state index >= 15 is 0 Å². The summed E-state index contributed by atoms with van der Waals surface area (Å²) in [7, 11) is 0. The molecule has 268 valence electrons. The Balaban J connectivity index is 0.773. The van der Waals surface area contributed by atoms with E-state index in [0.717, 1.165) is 64.5 Å². The van der Waals surface area contributed by atoms with Crippen LogP contribution in [0.25, 0.3) is 0 Å². The van der Waals surface area contributed by atoms with Crippen molar-refractivity contribution in [2.45, 2.75) is 154 Å². The SMILES string of the molecule is C[C@@H]1CCC2[C@@H](C)[C@@H](OCCCNCCCO[C@H]3O[C@@H]4O[C@@]5(C)CCC6[C@H](C)CCC([C@H]3C)[C@]64OO5)O[C@@H]3O[C@@]4(C)CCC1[C@@]23OO4. The largest absolute Gasteiger partial charge is 0.352 e. The van der Waals surface area contributed by atoms with Gasteiger partial charge in [0.25, 0.3) is 0 Å². The average Bonchev–Trinajstić information content (AvgIpc) is 3.42. The van der Waals surface area contributed by atoms with Gasteiger partial charge in [0.2, 0.25) is 11.6 Å². The van der Waals surface area contributed by atoms with Crippen molar-refractivity contribution >= 4 is 0 Å². The number of fused-ring (bicyclic) bond motifs is 4. The average molecular weight is 666 g/mol. The Morgan fingerprint density at radius 1 is 0.574 bits per heavy atom. The normalized spacial score (nSPS) is 54.8. The second kappa shape index (κ2) is 12.7. The molecule has 0 radical (unpaired) electrons. The predicted octanol–water partition coefficient (Wildman–Crippen LogP) is 5.81. The van der Waals surface area contributed by atoms with Crippen LogP contribution in [0.1, 0.15) is 106 Å². The van der Waals surface area contributed by atoms with E-state index in [0.29, 0.717) is 36.9 Å². The van der Waals surface area contributed by atoms with Gasteiger partial charge in [-0.25, -0.2) is 19.6 Å². The maximum absolute atomic E-state index is 6.55. The molecule has 0 aromatic rings. The van der Waals surface area contributed by atoms with E-state index in [1.54, 1.807) is 0 Å². The minimum absolute atomic E-state index is 0.198. The molecule has 4 unspecified atom stereocenters. The van der Waals surface area contributed by atoms with Crippen LogP contribution in [0, 0.1) is 47.3 Å². The third-order valence-electron chi connectivity index (χ3n) is 13.8. The van der Waals surface area contributed by atoms with Gasteiger partial charge in [-0.05, 0) is 102 Å².